The summed E-state index contributed by atoms with van der Waals surface area (Å²) in [6.45, 7) is 0. The second-order valence-electron chi connectivity index (χ2n) is 6.58. The van der Waals surface area contributed by atoms with E-state index < -0.39 is 0 Å². The van der Waals surface area contributed by atoms with Crippen LogP contribution in [0.5, 0.6) is 0 Å². The zero-order valence-electron chi connectivity index (χ0n) is 15.1. The molecule has 2 N–H and O–H groups in total. The number of aromatic nitrogens is 2. The van der Waals surface area contributed by atoms with Gasteiger partial charge in [-0.3, -0.25) is 10.9 Å². The van der Waals surface area contributed by atoms with Gasteiger partial charge in [-0.1, -0.05) is 46.9 Å². The van der Waals surface area contributed by atoms with Gasteiger partial charge in [-0.2, -0.15) is 10.2 Å². The number of thiazole rings is 2. The maximum atomic E-state index is 4.58. The van der Waals surface area contributed by atoms with E-state index in [2.05, 4.69) is 43.2 Å². The van der Waals surface area contributed by atoms with Crippen molar-refractivity contribution in [1.29, 1.82) is 0 Å². The minimum Gasteiger partial charge on any atom is -0.253 e. The molecule has 4 aromatic rings. The minimum atomic E-state index is 0.774. The lowest BCUT2D eigenvalue weighted by Gasteiger charge is -2.15. The second-order valence-corrected chi connectivity index (χ2v) is 8.64. The number of hydrogen-bond donors (Lipinski definition) is 2. The Morgan fingerprint density at radius 2 is 1.21 bits per heavy atom. The third-order valence-electron chi connectivity index (χ3n) is 4.55. The largest absolute Gasteiger partial charge is 0.253 e. The van der Waals surface area contributed by atoms with Crippen LogP contribution in [0, 0.1) is 0 Å². The van der Waals surface area contributed by atoms with Crippen molar-refractivity contribution >= 4 is 64.8 Å². The molecule has 2 heterocycles. The number of benzene rings is 2. The first kappa shape index (κ1) is 17.3. The van der Waals surface area contributed by atoms with E-state index in [1.54, 1.807) is 22.7 Å². The lowest BCUT2D eigenvalue weighted by molar-refractivity contribution is 0.867. The van der Waals surface area contributed by atoms with Crippen LogP contribution >= 0.6 is 22.7 Å². The number of hydrogen-bond acceptors (Lipinski definition) is 8. The van der Waals surface area contributed by atoms with Gasteiger partial charge in [0, 0.05) is 17.8 Å². The zero-order chi connectivity index (χ0) is 18.8. The fraction of sp³-hybridized carbons (Fsp3) is 0.200. The Bertz CT molecular complexity index is 1030. The van der Waals surface area contributed by atoms with Crippen molar-refractivity contribution in [2.24, 2.45) is 10.2 Å². The molecular weight excluding hydrogens is 388 g/mol. The van der Waals surface area contributed by atoms with E-state index in [1.807, 2.05) is 36.4 Å². The van der Waals surface area contributed by atoms with Gasteiger partial charge in [0.15, 0.2) is 0 Å². The number of nitrogens with zero attached hydrogens (tertiary/aromatic N) is 4. The van der Waals surface area contributed by atoms with E-state index in [9.17, 15) is 0 Å². The highest BCUT2D eigenvalue weighted by Crippen LogP contribution is 2.27. The highest BCUT2D eigenvalue weighted by molar-refractivity contribution is 7.22. The SMILES string of the molecule is c1ccc2sc(NN=C3CCCC(=NNc4nc5ccccc5s4)C3)nc2c1. The maximum Gasteiger partial charge on any atom is 0.204 e. The Morgan fingerprint density at radius 1 is 0.714 bits per heavy atom. The van der Waals surface area contributed by atoms with Gasteiger partial charge in [-0.15, -0.1) is 0 Å². The molecule has 0 amide bonds. The number of nitrogens with one attached hydrogen (secondary N) is 2. The summed E-state index contributed by atoms with van der Waals surface area (Å²) in [7, 11) is 0. The summed E-state index contributed by atoms with van der Waals surface area (Å²) >= 11 is 3.23. The lowest BCUT2D eigenvalue weighted by Crippen LogP contribution is -2.17. The van der Waals surface area contributed by atoms with E-state index >= 15 is 0 Å². The molecule has 0 radical (unpaired) electrons. The van der Waals surface area contributed by atoms with Crippen LogP contribution in [0.4, 0.5) is 10.3 Å². The fourth-order valence-corrected chi connectivity index (χ4v) is 4.81. The third-order valence-corrected chi connectivity index (χ3v) is 6.43. The Hall–Kier alpha value is -2.84. The molecule has 2 aromatic heterocycles. The molecule has 140 valence electrons. The first-order valence-electron chi connectivity index (χ1n) is 9.17. The second kappa shape index (κ2) is 7.65. The van der Waals surface area contributed by atoms with Gasteiger partial charge in [-0.25, -0.2) is 9.97 Å². The van der Waals surface area contributed by atoms with Crippen LogP contribution in [0.2, 0.25) is 0 Å². The standard InChI is InChI=1S/C20H18N6S2/c1-3-10-17-15(8-1)21-19(27-17)25-23-13-6-5-7-14(12-13)24-26-20-22-16-9-2-4-11-18(16)28-20/h1-4,8-11H,5-7,12H2,(H,21,25)(H,22,26). The number of fused-ring (bicyclic) bond motifs is 2. The number of hydrazone groups is 2. The highest BCUT2D eigenvalue weighted by Gasteiger charge is 2.14. The van der Waals surface area contributed by atoms with Gasteiger partial charge < -0.3 is 0 Å². The van der Waals surface area contributed by atoms with Crippen molar-refractivity contribution in [2.45, 2.75) is 25.7 Å². The van der Waals surface area contributed by atoms with Gasteiger partial charge in [0.1, 0.15) is 0 Å². The van der Waals surface area contributed by atoms with Crippen molar-refractivity contribution in [3.8, 4) is 0 Å². The molecule has 0 saturated heterocycles. The number of anilines is 2. The van der Waals surface area contributed by atoms with E-state index in [4.69, 9.17) is 0 Å². The molecule has 1 saturated carbocycles. The summed E-state index contributed by atoms with van der Waals surface area (Å²) < 4.78 is 2.33. The van der Waals surface area contributed by atoms with Crippen molar-refractivity contribution in [3.63, 3.8) is 0 Å². The van der Waals surface area contributed by atoms with Crippen LogP contribution in [-0.2, 0) is 0 Å². The summed E-state index contributed by atoms with van der Waals surface area (Å²) in [5, 5.41) is 10.8. The summed E-state index contributed by atoms with van der Waals surface area (Å²) in [6.07, 6.45) is 3.80. The average Bonchev–Trinajstić information content (AvgIpc) is 3.34. The van der Waals surface area contributed by atoms with Crippen LogP contribution in [0.3, 0.4) is 0 Å². The van der Waals surface area contributed by atoms with Crippen LogP contribution in [0.25, 0.3) is 20.4 Å². The molecule has 0 atom stereocenters. The van der Waals surface area contributed by atoms with E-state index in [0.29, 0.717) is 0 Å². The molecule has 8 heteroatoms. The van der Waals surface area contributed by atoms with E-state index in [-0.39, 0.29) is 0 Å². The Labute approximate surface area is 170 Å². The van der Waals surface area contributed by atoms with E-state index in [1.165, 1.54) is 0 Å². The molecule has 0 unspecified atom stereocenters. The Morgan fingerprint density at radius 3 is 1.71 bits per heavy atom. The number of rotatable bonds is 4. The molecule has 0 spiro atoms. The van der Waals surface area contributed by atoms with Crippen molar-refractivity contribution in [1.82, 2.24) is 9.97 Å². The molecule has 0 aliphatic heterocycles. The first-order valence-corrected chi connectivity index (χ1v) is 10.8. The predicted molar refractivity (Wildman–Crippen MR) is 120 cm³/mol. The van der Waals surface area contributed by atoms with Crippen molar-refractivity contribution < 1.29 is 0 Å². The van der Waals surface area contributed by atoms with Crippen LogP contribution < -0.4 is 10.9 Å². The Balaban J connectivity index is 1.25. The van der Waals surface area contributed by atoms with Crippen molar-refractivity contribution in [3.05, 3.63) is 48.5 Å². The summed E-state index contributed by atoms with van der Waals surface area (Å²) in [6, 6.07) is 16.2. The van der Waals surface area contributed by atoms with Crippen LogP contribution in [0.1, 0.15) is 25.7 Å². The Kier molecular flexibility index (Phi) is 4.72. The minimum absolute atomic E-state index is 0.774. The lowest BCUT2D eigenvalue weighted by atomic mass is 9.97. The first-order chi connectivity index (χ1) is 13.8. The topological polar surface area (TPSA) is 74.6 Å². The fourth-order valence-electron chi connectivity index (χ4n) is 3.19. The summed E-state index contributed by atoms with van der Waals surface area (Å²) in [5.41, 5.74) is 10.5. The molecule has 2 aromatic carbocycles. The van der Waals surface area contributed by atoms with Crippen LogP contribution in [-0.4, -0.2) is 21.4 Å². The third kappa shape index (κ3) is 3.74. The molecule has 1 aliphatic rings. The molecule has 6 nitrogen and oxygen atoms in total. The van der Waals surface area contributed by atoms with Gasteiger partial charge in [-0.05, 0) is 43.5 Å². The van der Waals surface area contributed by atoms with E-state index in [0.717, 1.165) is 67.8 Å². The molecule has 0 bridgehead atoms. The predicted octanol–water partition coefficient (Wildman–Crippen LogP) is 5.72. The quantitative estimate of drug-likeness (QED) is 0.425. The highest BCUT2D eigenvalue weighted by atomic mass is 32.1. The van der Waals surface area contributed by atoms with Gasteiger partial charge >= 0.3 is 0 Å². The average molecular weight is 407 g/mol. The van der Waals surface area contributed by atoms with Crippen LogP contribution in [0.15, 0.2) is 58.7 Å². The monoisotopic (exact) mass is 406 g/mol. The molecule has 28 heavy (non-hydrogen) atoms. The zero-order valence-corrected chi connectivity index (χ0v) is 16.7. The summed E-state index contributed by atoms with van der Waals surface area (Å²) in [4.78, 5) is 9.13. The smallest absolute Gasteiger partial charge is 0.204 e. The molecule has 1 aliphatic carbocycles. The summed E-state index contributed by atoms with van der Waals surface area (Å²) in [5.74, 6) is 0. The van der Waals surface area contributed by atoms with Gasteiger partial charge in [0.25, 0.3) is 0 Å². The van der Waals surface area contributed by atoms with Gasteiger partial charge in [0.05, 0.1) is 20.4 Å². The molecule has 1 fully saturated rings. The molecule has 5 rings (SSSR count). The molecular formula is C20H18N6S2. The van der Waals surface area contributed by atoms with Gasteiger partial charge in [0.2, 0.25) is 10.3 Å². The maximum absolute atomic E-state index is 4.58. The van der Waals surface area contributed by atoms with Crippen molar-refractivity contribution in [2.75, 3.05) is 10.9 Å². The number of para-hydroxylation sites is 2. The normalized spacial score (nSPS) is 17.6.